The summed E-state index contributed by atoms with van der Waals surface area (Å²) in [6.07, 6.45) is 2.46. The van der Waals surface area contributed by atoms with Crippen molar-refractivity contribution < 1.29 is 14.3 Å². The van der Waals surface area contributed by atoms with E-state index in [0.717, 1.165) is 23.3 Å². The van der Waals surface area contributed by atoms with E-state index >= 15 is 0 Å². The molecule has 1 aromatic carbocycles. The number of hydrogen-bond acceptors (Lipinski definition) is 4. The van der Waals surface area contributed by atoms with Gasteiger partial charge in [-0.2, -0.15) is 0 Å². The molecule has 2 heterocycles. The van der Waals surface area contributed by atoms with E-state index in [-0.39, 0.29) is 24.5 Å². The van der Waals surface area contributed by atoms with E-state index in [1.165, 1.54) is 9.78 Å². The number of para-hydroxylation sites is 1. The fourth-order valence-corrected chi connectivity index (χ4v) is 4.58. The van der Waals surface area contributed by atoms with E-state index < -0.39 is 0 Å². The van der Waals surface area contributed by atoms with Crippen molar-refractivity contribution in [2.45, 2.75) is 26.3 Å². The van der Waals surface area contributed by atoms with Gasteiger partial charge in [0.05, 0.1) is 6.04 Å². The number of fused-ring (bicyclic) bond motifs is 1. The molecule has 0 saturated carbocycles. The lowest BCUT2D eigenvalue weighted by molar-refractivity contribution is -0.135. The van der Waals surface area contributed by atoms with Gasteiger partial charge in [0, 0.05) is 24.5 Å². The molecule has 1 atom stereocenters. The fourth-order valence-electron chi connectivity index (χ4n) is 3.65. The van der Waals surface area contributed by atoms with Crippen LogP contribution in [0, 0.1) is 6.92 Å². The van der Waals surface area contributed by atoms with E-state index in [0.29, 0.717) is 26.2 Å². The second kappa shape index (κ2) is 10.3. The zero-order valence-corrected chi connectivity index (χ0v) is 18.4. The van der Waals surface area contributed by atoms with Crippen LogP contribution in [-0.2, 0) is 11.2 Å². The second-order valence-electron chi connectivity index (χ2n) is 7.23. The number of aryl methyl sites for hydroxylation is 1. The van der Waals surface area contributed by atoms with Crippen LogP contribution in [0.2, 0.25) is 0 Å². The predicted octanol–water partition coefficient (Wildman–Crippen LogP) is 3.78. The SMILES string of the molecule is C=CCN(CC(=O)N1CCc2sccc2[C@H]1COc1ccccc1C)C(=O)NCC. The molecule has 0 aliphatic carbocycles. The number of carbonyl (C=O) groups is 2. The Morgan fingerprint density at radius 3 is 2.90 bits per heavy atom. The van der Waals surface area contributed by atoms with Gasteiger partial charge in [-0.1, -0.05) is 24.3 Å². The topological polar surface area (TPSA) is 61.9 Å². The van der Waals surface area contributed by atoms with E-state index in [2.05, 4.69) is 23.3 Å². The van der Waals surface area contributed by atoms with Crippen LogP contribution in [0.3, 0.4) is 0 Å². The number of nitrogens with zero attached hydrogens (tertiary/aromatic N) is 2. The summed E-state index contributed by atoms with van der Waals surface area (Å²) in [6, 6.07) is 9.52. The van der Waals surface area contributed by atoms with Crippen molar-refractivity contribution in [2.75, 3.05) is 32.8 Å². The number of ether oxygens (including phenoxy) is 1. The third-order valence-electron chi connectivity index (χ3n) is 5.20. The molecular formula is C23H29N3O3S. The minimum atomic E-state index is -0.258. The van der Waals surface area contributed by atoms with Crippen molar-refractivity contribution in [3.8, 4) is 5.75 Å². The number of nitrogens with one attached hydrogen (secondary N) is 1. The van der Waals surface area contributed by atoms with Gasteiger partial charge < -0.3 is 19.9 Å². The first-order chi connectivity index (χ1) is 14.5. The molecule has 0 bridgehead atoms. The monoisotopic (exact) mass is 427 g/mol. The normalized spacial score (nSPS) is 15.3. The van der Waals surface area contributed by atoms with Crippen molar-refractivity contribution in [2.24, 2.45) is 0 Å². The molecule has 3 amide bonds. The van der Waals surface area contributed by atoms with Gasteiger partial charge in [-0.25, -0.2) is 4.79 Å². The van der Waals surface area contributed by atoms with Crippen molar-refractivity contribution in [3.63, 3.8) is 0 Å². The molecule has 2 aromatic rings. The maximum Gasteiger partial charge on any atom is 0.318 e. The highest BCUT2D eigenvalue weighted by molar-refractivity contribution is 7.10. The van der Waals surface area contributed by atoms with E-state index in [9.17, 15) is 9.59 Å². The molecule has 160 valence electrons. The smallest absolute Gasteiger partial charge is 0.318 e. The van der Waals surface area contributed by atoms with Gasteiger partial charge in [-0.3, -0.25) is 4.79 Å². The van der Waals surface area contributed by atoms with Crippen molar-refractivity contribution in [1.82, 2.24) is 15.1 Å². The molecule has 7 heteroatoms. The molecule has 0 fully saturated rings. The Balaban J connectivity index is 1.77. The van der Waals surface area contributed by atoms with Crippen LogP contribution in [0.1, 0.15) is 29.0 Å². The molecule has 30 heavy (non-hydrogen) atoms. The van der Waals surface area contributed by atoms with Gasteiger partial charge in [0.25, 0.3) is 0 Å². The largest absolute Gasteiger partial charge is 0.491 e. The van der Waals surface area contributed by atoms with Gasteiger partial charge in [0.1, 0.15) is 18.9 Å². The number of hydrogen-bond donors (Lipinski definition) is 1. The Labute approximate surface area is 182 Å². The highest BCUT2D eigenvalue weighted by atomic mass is 32.1. The Kier molecular flexibility index (Phi) is 7.52. The Bertz CT molecular complexity index is 895. The third kappa shape index (κ3) is 5.02. The molecular weight excluding hydrogens is 398 g/mol. The minimum absolute atomic E-state index is 0.0121. The highest BCUT2D eigenvalue weighted by Crippen LogP contribution is 2.34. The summed E-state index contributed by atoms with van der Waals surface area (Å²) in [7, 11) is 0. The number of amides is 3. The average Bonchev–Trinajstić information content (AvgIpc) is 3.22. The first-order valence-corrected chi connectivity index (χ1v) is 11.1. The van der Waals surface area contributed by atoms with Crippen LogP contribution in [0.5, 0.6) is 5.75 Å². The second-order valence-corrected chi connectivity index (χ2v) is 8.23. The maximum atomic E-state index is 13.2. The summed E-state index contributed by atoms with van der Waals surface area (Å²) in [5.74, 6) is 0.737. The van der Waals surface area contributed by atoms with E-state index in [4.69, 9.17) is 4.74 Å². The van der Waals surface area contributed by atoms with Gasteiger partial charge in [-0.05, 0) is 48.9 Å². The van der Waals surface area contributed by atoms with E-state index in [1.54, 1.807) is 17.4 Å². The van der Waals surface area contributed by atoms with Gasteiger partial charge in [0.2, 0.25) is 5.91 Å². The third-order valence-corrected chi connectivity index (χ3v) is 6.19. The fraction of sp³-hybridized carbons (Fsp3) is 0.391. The van der Waals surface area contributed by atoms with Crippen LogP contribution >= 0.6 is 11.3 Å². The molecule has 0 unspecified atom stereocenters. The van der Waals surface area contributed by atoms with Gasteiger partial charge >= 0.3 is 6.03 Å². The molecule has 1 aliphatic rings. The molecule has 1 aliphatic heterocycles. The predicted molar refractivity (Wildman–Crippen MR) is 120 cm³/mol. The minimum Gasteiger partial charge on any atom is -0.491 e. The lowest BCUT2D eigenvalue weighted by Crippen LogP contribution is -2.49. The number of urea groups is 1. The summed E-state index contributed by atoms with van der Waals surface area (Å²) < 4.78 is 6.12. The van der Waals surface area contributed by atoms with Gasteiger partial charge in [0.15, 0.2) is 0 Å². The zero-order valence-electron chi connectivity index (χ0n) is 17.6. The summed E-state index contributed by atoms with van der Waals surface area (Å²) in [5, 5.41) is 4.83. The summed E-state index contributed by atoms with van der Waals surface area (Å²) >= 11 is 1.72. The van der Waals surface area contributed by atoms with Crippen LogP contribution in [0.15, 0.2) is 48.4 Å². The van der Waals surface area contributed by atoms with Gasteiger partial charge in [-0.15, -0.1) is 17.9 Å². The summed E-state index contributed by atoms with van der Waals surface area (Å²) in [5.41, 5.74) is 2.20. The van der Waals surface area contributed by atoms with Crippen LogP contribution in [0.4, 0.5) is 4.79 Å². The molecule has 0 radical (unpaired) electrons. The Morgan fingerprint density at radius 1 is 1.37 bits per heavy atom. The molecule has 0 saturated heterocycles. The number of thiophene rings is 1. The zero-order chi connectivity index (χ0) is 21.5. The van der Waals surface area contributed by atoms with Crippen molar-refractivity contribution >= 4 is 23.3 Å². The highest BCUT2D eigenvalue weighted by Gasteiger charge is 2.33. The van der Waals surface area contributed by atoms with Crippen LogP contribution in [0.25, 0.3) is 0 Å². The van der Waals surface area contributed by atoms with Crippen molar-refractivity contribution in [3.05, 3.63) is 64.4 Å². The van der Waals surface area contributed by atoms with Crippen LogP contribution < -0.4 is 10.1 Å². The van der Waals surface area contributed by atoms with E-state index in [1.807, 2.05) is 43.0 Å². The lowest BCUT2D eigenvalue weighted by atomic mass is 10.0. The molecule has 0 spiro atoms. The summed E-state index contributed by atoms with van der Waals surface area (Å²) in [4.78, 5) is 30.2. The maximum absolute atomic E-state index is 13.2. The first-order valence-electron chi connectivity index (χ1n) is 10.2. The number of rotatable bonds is 8. The molecule has 3 rings (SSSR count). The lowest BCUT2D eigenvalue weighted by Gasteiger charge is -2.37. The quantitative estimate of drug-likeness (QED) is 0.652. The van der Waals surface area contributed by atoms with Crippen molar-refractivity contribution in [1.29, 1.82) is 0 Å². The number of carbonyl (C=O) groups excluding carboxylic acids is 2. The number of benzene rings is 1. The Morgan fingerprint density at radius 2 is 2.17 bits per heavy atom. The average molecular weight is 428 g/mol. The first kappa shape index (κ1) is 21.9. The van der Waals surface area contributed by atoms with Crippen LogP contribution in [-0.4, -0.2) is 54.5 Å². The standard InChI is InChI=1S/C23H29N3O3S/c1-4-12-25(23(28)24-5-2)15-22(27)26-13-10-21-18(11-14-30-21)19(26)16-29-20-9-7-6-8-17(20)3/h4,6-9,11,14,19H,1,5,10,12-13,15-16H2,2-3H3,(H,24,28)/t19-/m1/s1. The molecule has 6 nitrogen and oxygen atoms in total. The molecule has 1 N–H and O–H groups in total. The summed E-state index contributed by atoms with van der Waals surface area (Å²) in [6.45, 7) is 9.40. The Hall–Kier alpha value is -2.80. The molecule has 1 aromatic heterocycles.